The van der Waals surface area contributed by atoms with E-state index in [1.807, 2.05) is 5.43 Å². The number of hydrogen-bond acceptors (Lipinski definition) is 5. The van der Waals surface area contributed by atoms with Crippen molar-refractivity contribution in [3.8, 4) is 0 Å². The molecule has 0 spiro atoms. The lowest BCUT2D eigenvalue weighted by Gasteiger charge is -2.11. The number of aromatic nitrogens is 1. The Hall–Kier alpha value is -2.48. The molecule has 0 saturated heterocycles. The predicted octanol–water partition coefficient (Wildman–Crippen LogP) is -1.06. The number of aliphatic carboxylic acids is 1. The lowest BCUT2D eigenvalue weighted by atomic mass is 10.2. The maximum Gasteiger partial charge on any atom is 0.342 e. The molecule has 0 saturated carbocycles. The fraction of sp³-hybridized carbons (Fsp3) is 0.200. The van der Waals surface area contributed by atoms with Crippen LogP contribution < -0.4 is 10.9 Å². The molecule has 1 aromatic rings. The molecule has 0 bridgehead atoms. The average molecular weight is 253 g/mol. The van der Waals surface area contributed by atoms with Gasteiger partial charge in [-0.05, 0) is 12.1 Å². The van der Waals surface area contributed by atoms with Gasteiger partial charge in [0.1, 0.15) is 0 Å². The molecule has 3 N–H and O–H groups in total. The highest BCUT2D eigenvalue weighted by Crippen LogP contribution is 1.95. The van der Waals surface area contributed by atoms with Gasteiger partial charge in [0.05, 0.1) is 0 Å². The Bertz CT molecular complexity index is 448. The molecular weight excluding hydrogens is 242 g/mol. The summed E-state index contributed by atoms with van der Waals surface area (Å²) in [7, 11) is 1.07. The maximum absolute atomic E-state index is 11.5. The zero-order valence-electron chi connectivity index (χ0n) is 9.41. The van der Waals surface area contributed by atoms with E-state index < -0.39 is 23.9 Å². The van der Waals surface area contributed by atoms with Crippen LogP contribution in [0.1, 0.15) is 10.4 Å². The van der Waals surface area contributed by atoms with Crippen molar-refractivity contribution in [3.63, 3.8) is 0 Å². The fourth-order valence-corrected chi connectivity index (χ4v) is 1.08. The Morgan fingerprint density at radius 1 is 1.28 bits per heavy atom. The average Bonchev–Trinajstić information content (AvgIpc) is 2.37. The predicted molar refractivity (Wildman–Crippen MR) is 58.3 cm³/mol. The largest absolute Gasteiger partial charge is 0.479 e. The molecule has 0 aliphatic heterocycles. The van der Waals surface area contributed by atoms with Crippen molar-refractivity contribution < 1.29 is 24.2 Å². The third kappa shape index (κ3) is 3.52. The van der Waals surface area contributed by atoms with Crippen molar-refractivity contribution in [2.75, 3.05) is 7.11 Å². The van der Waals surface area contributed by atoms with E-state index in [0.29, 0.717) is 0 Å². The number of rotatable bonds is 4. The summed E-state index contributed by atoms with van der Waals surface area (Å²) in [6, 6.07) is 2.87. The van der Waals surface area contributed by atoms with E-state index in [0.717, 1.165) is 7.11 Å². The molecule has 0 aromatic carbocycles. The lowest BCUT2D eigenvalue weighted by Crippen LogP contribution is -2.49. The summed E-state index contributed by atoms with van der Waals surface area (Å²) in [6.45, 7) is 0. The molecule has 1 rings (SSSR count). The molecule has 0 aliphatic rings. The normalized spacial score (nSPS) is 11.4. The van der Waals surface area contributed by atoms with E-state index >= 15 is 0 Å². The molecule has 1 atom stereocenters. The minimum absolute atomic E-state index is 0.273. The molecule has 96 valence electrons. The van der Waals surface area contributed by atoms with Crippen molar-refractivity contribution in [2.24, 2.45) is 0 Å². The van der Waals surface area contributed by atoms with Crippen LogP contribution in [0.15, 0.2) is 24.5 Å². The zero-order chi connectivity index (χ0) is 13.5. The van der Waals surface area contributed by atoms with E-state index in [4.69, 9.17) is 5.11 Å². The number of hydrazine groups is 1. The van der Waals surface area contributed by atoms with Gasteiger partial charge in [0.15, 0.2) is 0 Å². The Labute approximate surface area is 102 Å². The van der Waals surface area contributed by atoms with Crippen LogP contribution in [0.5, 0.6) is 0 Å². The molecular formula is C10H11N3O5. The molecule has 18 heavy (non-hydrogen) atoms. The monoisotopic (exact) mass is 253 g/mol. The number of nitrogens with one attached hydrogen (secondary N) is 2. The second-order valence-electron chi connectivity index (χ2n) is 3.13. The van der Waals surface area contributed by atoms with Crippen LogP contribution >= 0.6 is 0 Å². The van der Waals surface area contributed by atoms with Gasteiger partial charge >= 0.3 is 5.97 Å². The van der Waals surface area contributed by atoms with E-state index in [9.17, 15) is 14.4 Å². The van der Waals surface area contributed by atoms with Crippen LogP contribution in [0, 0.1) is 0 Å². The molecule has 0 fully saturated rings. The van der Waals surface area contributed by atoms with Gasteiger partial charge in [-0.15, -0.1) is 0 Å². The smallest absolute Gasteiger partial charge is 0.342 e. The molecule has 0 radical (unpaired) electrons. The first kappa shape index (κ1) is 13.6. The van der Waals surface area contributed by atoms with Crippen LogP contribution in [0.3, 0.4) is 0 Å². The number of carbonyl (C=O) groups is 3. The van der Waals surface area contributed by atoms with Gasteiger partial charge in [-0.3, -0.25) is 25.4 Å². The van der Waals surface area contributed by atoms with Gasteiger partial charge in [-0.25, -0.2) is 4.79 Å². The first-order chi connectivity index (χ1) is 8.56. The topological polar surface area (TPSA) is 118 Å². The zero-order valence-corrected chi connectivity index (χ0v) is 9.41. The maximum atomic E-state index is 11.5. The molecule has 0 aliphatic carbocycles. The molecule has 1 unspecified atom stereocenters. The summed E-state index contributed by atoms with van der Waals surface area (Å²) in [5, 5.41) is 8.62. The van der Waals surface area contributed by atoms with E-state index in [1.54, 1.807) is 0 Å². The Morgan fingerprint density at radius 2 is 1.89 bits per heavy atom. The summed E-state index contributed by atoms with van der Waals surface area (Å²) < 4.78 is 4.44. The van der Waals surface area contributed by atoms with E-state index in [1.165, 1.54) is 24.5 Å². The third-order valence-electron chi connectivity index (χ3n) is 1.94. The molecule has 8 nitrogen and oxygen atoms in total. The van der Waals surface area contributed by atoms with Crippen LogP contribution in [-0.4, -0.2) is 41.1 Å². The number of nitrogens with zero attached hydrogens (tertiary/aromatic N) is 1. The minimum atomic E-state index is -1.68. The number of carboxylic acids is 1. The number of methoxy groups -OCH3 is 1. The fourth-order valence-electron chi connectivity index (χ4n) is 1.08. The highest BCUT2D eigenvalue weighted by molar-refractivity contribution is 6.01. The summed E-state index contributed by atoms with van der Waals surface area (Å²) in [5.74, 6) is -3.02. The highest BCUT2D eigenvalue weighted by atomic mass is 16.5. The van der Waals surface area contributed by atoms with Gasteiger partial charge in [-0.2, -0.15) is 0 Å². The van der Waals surface area contributed by atoms with Gasteiger partial charge in [0.25, 0.3) is 11.8 Å². The molecule has 8 heteroatoms. The van der Waals surface area contributed by atoms with E-state index in [2.05, 4.69) is 15.1 Å². The number of hydrogen-bond donors (Lipinski definition) is 3. The van der Waals surface area contributed by atoms with Gasteiger partial charge in [-0.1, -0.05) is 0 Å². The van der Waals surface area contributed by atoms with Crippen molar-refractivity contribution in [2.45, 2.75) is 6.10 Å². The summed E-state index contributed by atoms with van der Waals surface area (Å²) >= 11 is 0. The number of ether oxygens (including phenoxy) is 1. The van der Waals surface area contributed by atoms with Crippen LogP contribution in [-0.2, 0) is 14.3 Å². The second kappa shape index (κ2) is 6.30. The lowest BCUT2D eigenvalue weighted by molar-refractivity contribution is -0.155. The van der Waals surface area contributed by atoms with Crippen LogP contribution in [0.4, 0.5) is 0 Å². The highest BCUT2D eigenvalue weighted by Gasteiger charge is 2.26. The second-order valence-corrected chi connectivity index (χ2v) is 3.13. The van der Waals surface area contributed by atoms with Crippen molar-refractivity contribution in [1.29, 1.82) is 0 Å². The first-order valence-electron chi connectivity index (χ1n) is 4.82. The van der Waals surface area contributed by atoms with Gasteiger partial charge in [0, 0.05) is 25.1 Å². The molecule has 1 aromatic heterocycles. The Balaban J connectivity index is 2.53. The summed E-state index contributed by atoms with van der Waals surface area (Å²) in [6.07, 6.45) is 1.14. The van der Waals surface area contributed by atoms with Crippen molar-refractivity contribution >= 4 is 17.8 Å². The number of amides is 2. The van der Waals surface area contributed by atoms with Crippen molar-refractivity contribution in [3.05, 3.63) is 30.1 Å². The summed E-state index contributed by atoms with van der Waals surface area (Å²) in [4.78, 5) is 37.1. The number of carbonyl (C=O) groups excluding carboxylic acids is 2. The quantitative estimate of drug-likeness (QED) is 0.465. The third-order valence-corrected chi connectivity index (χ3v) is 1.94. The van der Waals surface area contributed by atoms with Gasteiger partial charge in [0.2, 0.25) is 6.10 Å². The van der Waals surface area contributed by atoms with Crippen LogP contribution in [0.25, 0.3) is 0 Å². The first-order valence-corrected chi connectivity index (χ1v) is 4.82. The molecule has 2 amide bonds. The van der Waals surface area contributed by atoms with Crippen LogP contribution in [0.2, 0.25) is 0 Å². The SMILES string of the molecule is COC(C(=O)O)C(=O)NNC(=O)c1ccncc1. The number of carboxylic acid groups (broad SMARTS) is 1. The Kier molecular flexibility index (Phi) is 4.76. The van der Waals surface area contributed by atoms with E-state index in [-0.39, 0.29) is 5.56 Å². The summed E-state index contributed by atoms with van der Waals surface area (Å²) in [5.41, 5.74) is 4.28. The number of pyridine rings is 1. The standard InChI is InChI=1S/C10H11N3O5/c1-18-7(10(16)17)9(15)13-12-8(14)6-2-4-11-5-3-6/h2-5,7H,1H3,(H,12,14)(H,13,15)(H,16,17). The minimum Gasteiger partial charge on any atom is -0.479 e. The van der Waals surface area contributed by atoms with Gasteiger partial charge < -0.3 is 9.84 Å². The van der Waals surface area contributed by atoms with Crippen molar-refractivity contribution in [1.82, 2.24) is 15.8 Å². The molecule has 1 heterocycles. The Morgan fingerprint density at radius 3 is 2.39 bits per heavy atom.